The summed E-state index contributed by atoms with van der Waals surface area (Å²) in [5.74, 6) is 0. The van der Waals surface area contributed by atoms with Crippen molar-refractivity contribution in [3.05, 3.63) is 0 Å². The quantitative estimate of drug-likeness (QED) is 0.313. The second-order valence-corrected chi connectivity index (χ2v) is 0.848. The molecule has 0 spiro atoms. The fraction of sp³-hybridized carbons (Fsp3) is 0. The van der Waals surface area contributed by atoms with Gasteiger partial charge in [0.2, 0.25) is 0 Å². The molecule has 0 radical (unpaired) electrons. The fourth-order valence-electron chi connectivity index (χ4n) is 0. The Morgan fingerprint density at radius 3 is 0.615 bits per heavy atom. The fourth-order valence-corrected chi connectivity index (χ4v) is 0. The Hall–Kier alpha value is -1.42. The zero-order valence-electron chi connectivity index (χ0n) is 8.12. The molecular weight excluding hydrogens is 204 g/mol. The van der Waals surface area contributed by atoms with Gasteiger partial charge in [-0.25, -0.2) is 14.4 Å². The molecule has 0 unspecified atom stereocenters. The van der Waals surface area contributed by atoms with Gasteiger partial charge < -0.3 is 33.5 Å². The molecule has 0 aromatic heterocycles. The van der Waals surface area contributed by atoms with E-state index in [4.69, 9.17) is 45.0 Å². The van der Waals surface area contributed by atoms with Gasteiger partial charge in [-0.15, -0.1) is 0 Å². The summed E-state index contributed by atoms with van der Waals surface area (Å²) >= 11 is 0. The smallest absolute Gasteiger partial charge is 1.00 e. The molecule has 0 fully saturated rings. The van der Waals surface area contributed by atoms with Gasteiger partial charge in [0.25, 0.3) is 0 Å². The summed E-state index contributed by atoms with van der Waals surface area (Å²) in [4.78, 5) is 25.7. The number of carboxylic acid groups (broad SMARTS) is 6. The molecular formula is C3H8MgO9. The molecule has 0 bridgehead atoms. The van der Waals surface area contributed by atoms with Gasteiger partial charge in [-0.3, -0.25) is 0 Å². The molecule has 0 heterocycles. The van der Waals surface area contributed by atoms with Crippen molar-refractivity contribution >= 4 is 41.5 Å². The van der Waals surface area contributed by atoms with Crippen molar-refractivity contribution in [2.45, 2.75) is 0 Å². The second-order valence-electron chi connectivity index (χ2n) is 0.848. The average Bonchev–Trinajstić information content (AvgIpc) is 1.54. The molecule has 0 aliphatic carbocycles. The van der Waals surface area contributed by atoms with Gasteiger partial charge in [-0.05, 0) is 0 Å². The van der Waals surface area contributed by atoms with Gasteiger partial charge in [0.15, 0.2) is 0 Å². The predicted molar refractivity (Wildman–Crippen MR) is 39.9 cm³/mol. The molecule has 0 rings (SSSR count). The number of hydrogen-bond acceptors (Lipinski definition) is 3. The van der Waals surface area contributed by atoms with Crippen molar-refractivity contribution < 1.29 is 47.9 Å². The van der Waals surface area contributed by atoms with Crippen molar-refractivity contribution in [2.75, 3.05) is 0 Å². The maximum absolute atomic E-state index is 8.56. The summed E-state index contributed by atoms with van der Waals surface area (Å²) in [6.07, 6.45) is -5.50. The molecule has 0 aliphatic rings. The molecule has 13 heavy (non-hydrogen) atoms. The minimum atomic E-state index is -1.83. The van der Waals surface area contributed by atoms with Crippen LogP contribution in [0.3, 0.4) is 0 Å². The maximum Gasteiger partial charge on any atom is 2.00 e. The van der Waals surface area contributed by atoms with E-state index in [0.29, 0.717) is 0 Å². The van der Waals surface area contributed by atoms with Gasteiger partial charge in [0.05, 0.1) is 0 Å². The average molecular weight is 212 g/mol. The standard InChI is InChI=1S/3CH2O3.Mg.2H/c3*2-1(3)4;;;/h3*(H2,2,3,4);;;/q;;;+2;2*-1. The minimum Gasteiger partial charge on any atom is -1.00 e. The Kier molecular flexibility index (Phi) is 29.3. The minimum absolute atomic E-state index is 0. The Bertz CT molecular complexity index is 121. The van der Waals surface area contributed by atoms with Crippen molar-refractivity contribution in [3.63, 3.8) is 0 Å². The van der Waals surface area contributed by atoms with Crippen LogP contribution in [0.1, 0.15) is 2.85 Å². The van der Waals surface area contributed by atoms with Gasteiger partial charge in [-0.1, -0.05) is 0 Å². The van der Waals surface area contributed by atoms with E-state index in [-0.39, 0.29) is 25.9 Å². The number of rotatable bonds is 0. The summed E-state index contributed by atoms with van der Waals surface area (Å²) in [6, 6.07) is 0. The molecule has 6 N–H and O–H groups in total. The van der Waals surface area contributed by atoms with Crippen LogP contribution in [0.4, 0.5) is 14.4 Å². The summed E-state index contributed by atoms with van der Waals surface area (Å²) in [7, 11) is 0. The summed E-state index contributed by atoms with van der Waals surface area (Å²) in [5.41, 5.74) is 0. The van der Waals surface area contributed by atoms with E-state index in [2.05, 4.69) is 0 Å². The van der Waals surface area contributed by atoms with Crippen molar-refractivity contribution in [1.29, 1.82) is 0 Å². The molecule has 0 aliphatic heterocycles. The number of carbonyl (C=O) groups is 3. The monoisotopic (exact) mass is 212 g/mol. The van der Waals surface area contributed by atoms with Gasteiger partial charge in [0.1, 0.15) is 0 Å². The first-order valence-electron chi connectivity index (χ1n) is 1.95. The van der Waals surface area contributed by atoms with E-state index < -0.39 is 18.5 Å². The molecule has 0 saturated carbocycles. The first kappa shape index (κ1) is 22.6. The summed E-state index contributed by atoms with van der Waals surface area (Å²) < 4.78 is 0. The topological polar surface area (TPSA) is 173 Å². The third-order valence-electron chi connectivity index (χ3n) is 0. The van der Waals surface area contributed by atoms with E-state index in [9.17, 15) is 0 Å². The van der Waals surface area contributed by atoms with Crippen molar-refractivity contribution in [3.8, 4) is 0 Å². The normalized spacial score (nSPS) is 5.54. The second kappa shape index (κ2) is 16.9. The third-order valence-corrected chi connectivity index (χ3v) is 0. The molecule has 0 aromatic carbocycles. The van der Waals surface area contributed by atoms with E-state index >= 15 is 0 Å². The van der Waals surface area contributed by atoms with Crippen LogP contribution in [-0.4, -0.2) is 72.2 Å². The zero-order chi connectivity index (χ0) is 10.7. The maximum atomic E-state index is 8.56. The molecule has 9 nitrogen and oxygen atoms in total. The Morgan fingerprint density at radius 1 is 0.615 bits per heavy atom. The SMILES string of the molecule is O=C(O)O.O=C(O)O.O=C(O)O.[H-].[H-].[Mg+2]. The van der Waals surface area contributed by atoms with Crippen molar-refractivity contribution in [2.24, 2.45) is 0 Å². The Morgan fingerprint density at radius 2 is 0.615 bits per heavy atom. The predicted octanol–water partition coefficient (Wildman–Crippen LogP) is 0.511. The summed E-state index contributed by atoms with van der Waals surface area (Å²) in [6.45, 7) is 0. The molecule has 10 heteroatoms. The van der Waals surface area contributed by atoms with Gasteiger partial charge >= 0.3 is 41.5 Å². The van der Waals surface area contributed by atoms with E-state index in [0.717, 1.165) is 0 Å². The van der Waals surface area contributed by atoms with Crippen LogP contribution in [0.2, 0.25) is 0 Å². The van der Waals surface area contributed by atoms with Crippen LogP contribution in [0.5, 0.6) is 0 Å². The van der Waals surface area contributed by atoms with Crippen LogP contribution in [0.15, 0.2) is 0 Å². The largest absolute Gasteiger partial charge is 2.00 e. The number of hydrogen-bond donors (Lipinski definition) is 6. The van der Waals surface area contributed by atoms with Crippen LogP contribution >= 0.6 is 0 Å². The molecule has 0 amide bonds. The van der Waals surface area contributed by atoms with E-state index in [1.807, 2.05) is 0 Å². The summed E-state index contributed by atoms with van der Waals surface area (Å²) in [5, 5.41) is 41.8. The van der Waals surface area contributed by atoms with Gasteiger partial charge in [0, 0.05) is 0 Å². The molecule has 0 atom stereocenters. The van der Waals surface area contributed by atoms with Crippen LogP contribution < -0.4 is 0 Å². The Balaban J connectivity index is -0.0000000184. The zero-order valence-corrected chi connectivity index (χ0v) is 7.53. The van der Waals surface area contributed by atoms with Crippen LogP contribution in [-0.2, 0) is 0 Å². The third kappa shape index (κ3) is 384. The van der Waals surface area contributed by atoms with E-state index in [1.165, 1.54) is 0 Å². The van der Waals surface area contributed by atoms with Crippen LogP contribution in [0, 0.1) is 0 Å². The van der Waals surface area contributed by atoms with E-state index in [1.54, 1.807) is 0 Å². The first-order chi connectivity index (χ1) is 5.20. The first-order valence-corrected chi connectivity index (χ1v) is 1.95. The molecule has 76 valence electrons. The van der Waals surface area contributed by atoms with Crippen LogP contribution in [0.25, 0.3) is 0 Å². The van der Waals surface area contributed by atoms with Crippen molar-refractivity contribution in [1.82, 2.24) is 0 Å². The Labute approximate surface area is 90.0 Å². The molecule has 0 aromatic rings. The molecule has 0 saturated heterocycles. The van der Waals surface area contributed by atoms with Gasteiger partial charge in [-0.2, -0.15) is 0 Å².